The fraction of sp³-hybridized carbons (Fsp3) is 0.932. The lowest BCUT2D eigenvalue weighted by Gasteiger charge is -2.40. The summed E-state index contributed by atoms with van der Waals surface area (Å²) in [5, 5.41) is 54.3. The van der Waals surface area contributed by atoms with Crippen molar-refractivity contribution in [2.45, 2.75) is 249 Å². The molecule has 1 saturated heterocycles. The Labute approximate surface area is 325 Å². The van der Waals surface area contributed by atoms with Crippen LogP contribution in [0.2, 0.25) is 0 Å². The summed E-state index contributed by atoms with van der Waals surface area (Å²) in [5.74, 6) is -0.149. The van der Waals surface area contributed by atoms with Crippen LogP contribution in [0.4, 0.5) is 0 Å². The Morgan fingerprint density at radius 2 is 1.06 bits per heavy atom. The molecule has 0 aromatic heterocycles. The molecule has 7 unspecified atom stereocenters. The van der Waals surface area contributed by atoms with Crippen LogP contribution in [0.15, 0.2) is 12.2 Å². The molecule has 0 bridgehead atoms. The van der Waals surface area contributed by atoms with E-state index in [1.54, 1.807) is 0 Å². The van der Waals surface area contributed by atoms with E-state index in [1.165, 1.54) is 141 Å². The van der Waals surface area contributed by atoms with E-state index in [0.29, 0.717) is 12.8 Å². The fourth-order valence-electron chi connectivity index (χ4n) is 7.21. The molecule has 0 aliphatic carbocycles. The highest BCUT2D eigenvalue weighted by atomic mass is 16.7. The van der Waals surface area contributed by atoms with Gasteiger partial charge < -0.3 is 40.3 Å². The van der Waals surface area contributed by atoms with Gasteiger partial charge in [0.05, 0.1) is 25.4 Å². The molecule has 1 rings (SSSR count). The molecule has 6 N–H and O–H groups in total. The van der Waals surface area contributed by atoms with Crippen LogP contribution in [0.25, 0.3) is 0 Å². The molecule has 0 aromatic carbocycles. The lowest BCUT2D eigenvalue weighted by Crippen LogP contribution is -2.60. The van der Waals surface area contributed by atoms with Crippen molar-refractivity contribution in [2.75, 3.05) is 13.2 Å². The van der Waals surface area contributed by atoms with Crippen LogP contribution in [0.3, 0.4) is 0 Å². The zero-order valence-electron chi connectivity index (χ0n) is 34.3. The Kier molecular flexibility index (Phi) is 33.3. The topological polar surface area (TPSA) is 149 Å². The molecule has 53 heavy (non-hydrogen) atoms. The molecule has 1 fully saturated rings. The number of hydrogen-bond acceptors (Lipinski definition) is 8. The standard InChI is InChI=1S/C44H85NO8/c1-3-5-7-9-11-13-15-17-18-19-20-22-24-26-28-30-32-34-40(48)45-37(36-52-44-43(51)42(50)41(49)39(35-46)53-44)38(47)33-31-29-27-25-23-21-16-14-12-10-8-6-4-2/h17-18,37-39,41-44,46-47,49-51H,3-16,19-36H2,1-2H3,(H,45,48)/b18-17-. The van der Waals surface area contributed by atoms with Crippen molar-refractivity contribution in [3.63, 3.8) is 0 Å². The SMILES string of the molecule is CCCCCCCC/C=C\CCCCCCCCCC(=O)NC(COC1OC(CO)C(O)C(O)C1O)C(O)CCCCCCCCCCCCCCC. The molecule has 1 heterocycles. The molecule has 0 aromatic rings. The van der Waals surface area contributed by atoms with Crippen molar-refractivity contribution in [1.29, 1.82) is 0 Å². The molecule has 1 aliphatic rings. The van der Waals surface area contributed by atoms with Gasteiger partial charge in [0.15, 0.2) is 6.29 Å². The first-order valence-corrected chi connectivity index (χ1v) is 22.4. The maximum atomic E-state index is 12.9. The van der Waals surface area contributed by atoms with Crippen LogP contribution in [0.1, 0.15) is 206 Å². The molecule has 0 radical (unpaired) electrons. The predicted octanol–water partition coefficient (Wildman–Crippen LogP) is 8.95. The third-order valence-electron chi connectivity index (χ3n) is 10.9. The van der Waals surface area contributed by atoms with Gasteiger partial charge in [0, 0.05) is 6.42 Å². The molecular formula is C44H85NO8. The normalized spacial score (nSPS) is 21.7. The summed E-state index contributed by atoms with van der Waals surface area (Å²) in [6.45, 7) is 3.82. The van der Waals surface area contributed by atoms with Crippen LogP contribution in [0.5, 0.6) is 0 Å². The molecule has 1 amide bonds. The number of unbranched alkanes of at least 4 members (excludes halogenated alkanes) is 25. The van der Waals surface area contributed by atoms with Crippen LogP contribution >= 0.6 is 0 Å². The third-order valence-corrected chi connectivity index (χ3v) is 10.9. The van der Waals surface area contributed by atoms with Crippen molar-refractivity contribution in [3.8, 4) is 0 Å². The monoisotopic (exact) mass is 756 g/mol. The Morgan fingerprint density at radius 1 is 0.623 bits per heavy atom. The number of aliphatic hydroxyl groups excluding tert-OH is 5. The quantitative estimate of drug-likeness (QED) is 0.0272. The first-order valence-electron chi connectivity index (χ1n) is 22.4. The zero-order valence-corrected chi connectivity index (χ0v) is 34.3. The number of allylic oxidation sites excluding steroid dienone is 2. The van der Waals surface area contributed by atoms with Gasteiger partial charge in [0.2, 0.25) is 5.91 Å². The first-order chi connectivity index (χ1) is 25.8. The summed E-state index contributed by atoms with van der Waals surface area (Å²) in [4.78, 5) is 12.9. The van der Waals surface area contributed by atoms with Gasteiger partial charge in [0.25, 0.3) is 0 Å². The Balaban J connectivity index is 2.34. The number of carbonyl (C=O) groups excluding carboxylic acids is 1. The first kappa shape index (κ1) is 49.9. The molecule has 7 atom stereocenters. The fourth-order valence-corrected chi connectivity index (χ4v) is 7.21. The average Bonchev–Trinajstić information content (AvgIpc) is 3.16. The summed E-state index contributed by atoms with van der Waals surface area (Å²) < 4.78 is 11.2. The van der Waals surface area contributed by atoms with Gasteiger partial charge in [-0.1, -0.05) is 174 Å². The number of ether oxygens (including phenoxy) is 2. The number of rotatable bonds is 37. The van der Waals surface area contributed by atoms with E-state index >= 15 is 0 Å². The van der Waals surface area contributed by atoms with Crippen molar-refractivity contribution >= 4 is 5.91 Å². The predicted molar refractivity (Wildman–Crippen MR) is 217 cm³/mol. The van der Waals surface area contributed by atoms with E-state index < -0.39 is 49.5 Å². The highest BCUT2D eigenvalue weighted by molar-refractivity contribution is 5.76. The summed E-state index contributed by atoms with van der Waals surface area (Å²) >= 11 is 0. The van der Waals surface area contributed by atoms with Gasteiger partial charge >= 0.3 is 0 Å². The van der Waals surface area contributed by atoms with Crippen molar-refractivity contribution < 1.29 is 39.8 Å². The molecule has 9 heteroatoms. The summed E-state index contributed by atoms with van der Waals surface area (Å²) in [6, 6.07) is -0.716. The van der Waals surface area contributed by atoms with Crippen LogP contribution in [-0.4, -0.2) is 87.5 Å². The molecular weight excluding hydrogens is 670 g/mol. The van der Waals surface area contributed by atoms with Crippen LogP contribution < -0.4 is 5.32 Å². The number of amides is 1. The maximum Gasteiger partial charge on any atom is 0.220 e. The van der Waals surface area contributed by atoms with E-state index in [0.717, 1.165) is 38.5 Å². The van der Waals surface area contributed by atoms with Crippen LogP contribution in [-0.2, 0) is 14.3 Å². The third kappa shape index (κ3) is 26.4. The number of hydrogen-bond donors (Lipinski definition) is 6. The number of aliphatic hydroxyl groups is 5. The minimum Gasteiger partial charge on any atom is -0.394 e. The van der Waals surface area contributed by atoms with Gasteiger partial charge in [-0.3, -0.25) is 4.79 Å². The van der Waals surface area contributed by atoms with Gasteiger partial charge in [0.1, 0.15) is 24.4 Å². The highest BCUT2D eigenvalue weighted by Gasteiger charge is 2.44. The Hall–Kier alpha value is -1.07. The summed E-state index contributed by atoms with van der Waals surface area (Å²) in [6.07, 6.45) is 32.1. The molecule has 9 nitrogen and oxygen atoms in total. The summed E-state index contributed by atoms with van der Waals surface area (Å²) in [5.41, 5.74) is 0. The molecule has 0 saturated carbocycles. The smallest absolute Gasteiger partial charge is 0.220 e. The van der Waals surface area contributed by atoms with E-state index in [4.69, 9.17) is 9.47 Å². The van der Waals surface area contributed by atoms with Crippen molar-refractivity contribution in [1.82, 2.24) is 5.32 Å². The lowest BCUT2D eigenvalue weighted by atomic mass is 9.99. The van der Waals surface area contributed by atoms with Crippen molar-refractivity contribution in [3.05, 3.63) is 12.2 Å². The van der Waals surface area contributed by atoms with Gasteiger partial charge in [-0.15, -0.1) is 0 Å². The van der Waals surface area contributed by atoms with E-state index in [2.05, 4.69) is 31.3 Å². The average molecular weight is 756 g/mol. The second kappa shape index (κ2) is 35.4. The van der Waals surface area contributed by atoms with Gasteiger partial charge in [-0.05, 0) is 38.5 Å². The van der Waals surface area contributed by atoms with E-state index in [1.807, 2.05) is 0 Å². The maximum absolute atomic E-state index is 12.9. The summed E-state index contributed by atoms with van der Waals surface area (Å²) in [7, 11) is 0. The second-order valence-corrected chi connectivity index (χ2v) is 15.8. The van der Waals surface area contributed by atoms with Crippen LogP contribution in [0, 0.1) is 0 Å². The minimum absolute atomic E-state index is 0.137. The van der Waals surface area contributed by atoms with Gasteiger partial charge in [-0.2, -0.15) is 0 Å². The zero-order chi connectivity index (χ0) is 38.8. The molecule has 0 spiro atoms. The number of carbonyl (C=O) groups is 1. The Morgan fingerprint density at radius 3 is 1.53 bits per heavy atom. The minimum atomic E-state index is -1.55. The largest absolute Gasteiger partial charge is 0.394 e. The van der Waals surface area contributed by atoms with Gasteiger partial charge in [-0.25, -0.2) is 0 Å². The Bertz CT molecular complexity index is 842. The molecule has 314 valence electrons. The van der Waals surface area contributed by atoms with Crippen molar-refractivity contribution in [2.24, 2.45) is 0 Å². The van der Waals surface area contributed by atoms with E-state index in [9.17, 15) is 30.3 Å². The second-order valence-electron chi connectivity index (χ2n) is 15.8. The lowest BCUT2D eigenvalue weighted by molar-refractivity contribution is -0.302. The van der Waals surface area contributed by atoms with E-state index in [-0.39, 0.29) is 12.5 Å². The molecule has 1 aliphatic heterocycles. The highest BCUT2D eigenvalue weighted by Crippen LogP contribution is 2.23. The number of nitrogens with one attached hydrogen (secondary N) is 1.